The number of halogens is 1. The number of nitrogens with one attached hydrogen (secondary N) is 1. The topological polar surface area (TPSA) is 78.7 Å². The Morgan fingerprint density at radius 1 is 1.24 bits per heavy atom. The number of carbonyl (C=O) groups excluding carboxylic acids is 1. The third-order valence-corrected chi connectivity index (χ3v) is 5.10. The molecule has 1 fully saturated rings. The zero-order valence-electron chi connectivity index (χ0n) is 16.4. The molecule has 0 aliphatic carbocycles. The number of nitrogens with zero attached hydrogens (tertiary/aromatic N) is 3. The van der Waals surface area contributed by atoms with E-state index in [9.17, 15) is 19.3 Å². The lowest BCUT2D eigenvalue weighted by molar-refractivity contribution is -0.384. The van der Waals surface area contributed by atoms with Gasteiger partial charge in [0, 0.05) is 45.4 Å². The van der Waals surface area contributed by atoms with Crippen LogP contribution in [0.3, 0.4) is 0 Å². The number of carbonyl (C=O) groups is 1. The minimum atomic E-state index is -0.492. The largest absolute Gasteiger partial charge is 0.372 e. The van der Waals surface area contributed by atoms with Gasteiger partial charge in [0.2, 0.25) is 0 Å². The molecule has 2 aromatic rings. The van der Waals surface area contributed by atoms with Gasteiger partial charge in [-0.3, -0.25) is 14.9 Å². The Morgan fingerprint density at radius 3 is 2.66 bits per heavy atom. The Kier molecular flexibility index (Phi) is 6.64. The van der Waals surface area contributed by atoms with Crippen molar-refractivity contribution in [2.24, 2.45) is 0 Å². The zero-order valence-corrected chi connectivity index (χ0v) is 16.4. The lowest BCUT2D eigenvalue weighted by Gasteiger charge is -2.21. The van der Waals surface area contributed by atoms with E-state index in [0.29, 0.717) is 30.8 Å². The molecule has 0 spiro atoms. The number of non-ortho nitro benzene ring substituents is 1. The van der Waals surface area contributed by atoms with Crippen molar-refractivity contribution < 1.29 is 14.1 Å². The summed E-state index contributed by atoms with van der Waals surface area (Å²) in [6.45, 7) is 2.63. The summed E-state index contributed by atoms with van der Waals surface area (Å²) in [6.07, 6.45) is 2.70. The van der Waals surface area contributed by atoms with Gasteiger partial charge in [-0.1, -0.05) is 12.1 Å². The molecule has 8 heteroatoms. The predicted molar refractivity (Wildman–Crippen MR) is 111 cm³/mol. The quantitative estimate of drug-likeness (QED) is 0.416. The third kappa shape index (κ3) is 5.01. The van der Waals surface area contributed by atoms with Crippen molar-refractivity contribution >= 4 is 23.0 Å². The maximum atomic E-state index is 13.8. The van der Waals surface area contributed by atoms with E-state index in [1.54, 1.807) is 36.2 Å². The monoisotopic (exact) mass is 400 g/mol. The molecule has 1 heterocycles. The Hall–Kier alpha value is -3.16. The molecular formula is C21H25FN4O3. The molecule has 0 bridgehead atoms. The highest BCUT2D eigenvalue weighted by atomic mass is 19.1. The van der Waals surface area contributed by atoms with Gasteiger partial charge in [0.1, 0.15) is 5.82 Å². The van der Waals surface area contributed by atoms with Crippen LogP contribution in [0, 0.1) is 15.9 Å². The molecule has 1 N–H and O–H groups in total. The number of benzene rings is 2. The van der Waals surface area contributed by atoms with Crippen LogP contribution in [-0.2, 0) is 0 Å². The summed E-state index contributed by atoms with van der Waals surface area (Å²) < 4.78 is 13.8. The second kappa shape index (κ2) is 9.36. The fraction of sp³-hybridized carbons (Fsp3) is 0.381. The lowest BCUT2D eigenvalue weighted by atomic mass is 10.1. The van der Waals surface area contributed by atoms with Crippen molar-refractivity contribution in [3.05, 3.63) is 64.0 Å². The highest BCUT2D eigenvalue weighted by molar-refractivity contribution is 6.00. The highest BCUT2D eigenvalue weighted by Gasteiger charge is 2.22. The van der Waals surface area contributed by atoms with E-state index in [-0.39, 0.29) is 17.4 Å². The minimum Gasteiger partial charge on any atom is -0.372 e. The fourth-order valence-electron chi connectivity index (χ4n) is 3.55. The predicted octanol–water partition coefficient (Wildman–Crippen LogP) is 3.59. The van der Waals surface area contributed by atoms with Crippen molar-refractivity contribution in [3.63, 3.8) is 0 Å². The van der Waals surface area contributed by atoms with Gasteiger partial charge in [0.05, 0.1) is 21.9 Å². The first-order valence-electron chi connectivity index (χ1n) is 9.74. The molecule has 154 valence electrons. The molecule has 1 aliphatic heterocycles. The van der Waals surface area contributed by atoms with E-state index in [2.05, 4.69) is 10.2 Å². The van der Waals surface area contributed by atoms with E-state index in [4.69, 9.17) is 0 Å². The molecular weight excluding hydrogens is 375 g/mol. The lowest BCUT2D eigenvalue weighted by Crippen LogP contribution is -2.30. The first-order chi connectivity index (χ1) is 14.0. The molecule has 0 aromatic heterocycles. The minimum absolute atomic E-state index is 0.0996. The van der Waals surface area contributed by atoms with Gasteiger partial charge in [0.25, 0.3) is 11.6 Å². The highest BCUT2D eigenvalue weighted by Crippen LogP contribution is 2.28. The number of hydrogen-bond donors (Lipinski definition) is 1. The molecule has 2 aromatic carbocycles. The van der Waals surface area contributed by atoms with Crippen molar-refractivity contribution in [1.29, 1.82) is 0 Å². The Balaban J connectivity index is 1.61. The third-order valence-electron chi connectivity index (χ3n) is 5.10. The van der Waals surface area contributed by atoms with Gasteiger partial charge >= 0.3 is 0 Å². The van der Waals surface area contributed by atoms with E-state index < -0.39 is 4.92 Å². The molecule has 29 heavy (non-hydrogen) atoms. The summed E-state index contributed by atoms with van der Waals surface area (Å²) in [5.74, 6) is -0.616. The van der Waals surface area contributed by atoms with E-state index in [1.807, 2.05) is 0 Å². The van der Waals surface area contributed by atoms with Crippen molar-refractivity contribution in [3.8, 4) is 0 Å². The number of amides is 1. The van der Waals surface area contributed by atoms with Crippen LogP contribution in [0.25, 0.3) is 0 Å². The van der Waals surface area contributed by atoms with E-state index >= 15 is 0 Å². The summed E-state index contributed by atoms with van der Waals surface area (Å²) in [5.41, 5.74) is 1.46. The van der Waals surface area contributed by atoms with Gasteiger partial charge < -0.3 is 15.1 Å². The standard InChI is InChI=1S/C21H25FN4O3/c1-24(20-8-3-2-7-18(20)22)12-6-11-23-21(27)17-15-16(26(28)29)9-10-19(17)25-13-4-5-14-25/h2-3,7-10,15H,4-6,11-14H2,1H3,(H,23,27). The maximum Gasteiger partial charge on any atom is 0.270 e. The van der Waals surface area contributed by atoms with Crippen LogP contribution in [0.4, 0.5) is 21.5 Å². The summed E-state index contributed by atoms with van der Waals surface area (Å²) in [5, 5.41) is 14.0. The first-order valence-corrected chi connectivity index (χ1v) is 9.74. The summed E-state index contributed by atoms with van der Waals surface area (Å²) >= 11 is 0. The number of para-hydroxylation sites is 1. The summed E-state index contributed by atoms with van der Waals surface area (Å²) in [4.78, 5) is 27.3. The fourth-order valence-corrected chi connectivity index (χ4v) is 3.55. The maximum absolute atomic E-state index is 13.8. The average Bonchev–Trinajstić information content (AvgIpc) is 3.25. The normalized spacial score (nSPS) is 13.4. The van der Waals surface area contributed by atoms with Crippen molar-refractivity contribution in [2.45, 2.75) is 19.3 Å². The average molecular weight is 400 g/mol. The number of anilines is 2. The molecule has 0 unspecified atom stereocenters. The molecule has 3 rings (SSSR count). The van der Waals surface area contributed by atoms with Crippen molar-refractivity contribution in [1.82, 2.24) is 5.32 Å². The number of nitro groups is 1. The van der Waals surface area contributed by atoms with Crippen LogP contribution in [-0.4, -0.2) is 44.1 Å². The van der Waals surface area contributed by atoms with E-state index in [0.717, 1.165) is 31.6 Å². The van der Waals surface area contributed by atoms with Crippen LogP contribution >= 0.6 is 0 Å². The smallest absolute Gasteiger partial charge is 0.270 e. The summed E-state index contributed by atoms with van der Waals surface area (Å²) in [6, 6.07) is 11.0. The molecule has 1 saturated heterocycles. The van der Waals surface area contributed by atoms with Gasteiger partial charge in [0.15, 0.2) is 0 Å². The Morgan fingerprint density at radius 2 is 1.97 bits per heavy atom. The van der Waals surface area contributed by atoms with Gasteiger partial charge in [-0.25, -0.2) is 4.39 Å². The van der Waals surface area contributed by atoms with E-state index in [1.165, 1.54) is 18.2 Å². The number of rotatable bonds is 8. The first kappa shape index (κ1) is 20.6. The van der Waals surface area contributed by atoms with Crippen LogP contribution in [0.2, 0.25) is 0 Å². The van der Waals surface area contributed by atoms with Crippen molar-refractivity contribution in [2.75, 3.05) is 43.0 Å². The molecule has 1 aliphatic rings. The van der Waals surface area contributed by atoms with Crippen LogP contribution < -0.4 is 15.1 Å². The van der Waals surface area contributed by atoms with Gasteiger partial charge in [-0.05, 0) is 37.5 Å². The van der Waals surface area contributed by atoms with Crippen LogP contribution in [0.1, 0.15) is 29.6 Å². The second-order valence-corrected chi connectivity index (χ2v) is 7.14. The van der Waals surface area contributed by atoms with Crippen LogP contribution in [0.15, 0.2) is 42.5 Å². The molecule has 0 radical (unpaired) electrons. The molecule has 7 nitrogen and oxygen atoms in total. The molecule has 1 amide bonds. The Bertz CT molecular complexity index is 884. The Labute approximate surface area is 169 Å². The molecule has 0 saturated carbocycles. The van der Waals surface area contributed by atoms with Crippen LogP contribution in [0.5, 0.6) is 0 Å². The summed E-state index contributed by atoms with van der Waals surface area (Å²) in [7, 11) is 1.80. The second-order valence-electron chi connectivity index (χ2n) is 7.14. The number of hydrogen-bond acceptors (Lipinski definition) is 5. The zero-order chi connectivity index (χ0) is 20.8. The van der Waals surface area contributed by atoms with Gasteiger partial charge in [-0.15, -0.1) is 0 Å². The molecule has 0 atom stereocenters. The number of nitro benzene ring substituents is 1. The van der Waals surface area contributed by atoms with Gasteiger partial charge in [-0.2, -0.15) is 0 Å². The SMILES string of the molecule is CN(CCCNC(=O)c1cc([N+](=O)[O-])ccc1N1CCCC1)c1ccccc1F.